The lowest BCUT2D eigenvalue weighted by molar-refractivity contribution is 1.05. The summed E-state index contributed by atoms with van der Waals surface area (Å²) in [6.07, 6.45) is 17.2. The van der Waals surface area contributed by atoms with Gasteiger partial charge in [0, 0.05) is 5.88 Å². The van der Waals surface area contributed by atoms with Crippen molar-refractivity contribution in [1.82, 2.24) is 0 Å². The van der Waals surface area contributed by atoms with Gasteiger partial charge in [0.2, 0.25) is 0 Å². The predicted octanol–water partition coefficient (Wildman–Crippen LogP) is 4.54. The molecule has 2 aliphatic carbocycles. The van der Waals surface area contributed by atoms with E-state index >= 15 is 0 Å². The Morgan fingerprint density at radius 2 is 1.69 bits per heavy atom. The van der Waals surface area contributed by atoms with Gasteiger partial charge in [-0.3, -0.25) is 0 Å². The maximum absolute atomic E-state index is 5.87. The molecule has 0 fully saturated rings. The van der Waals surface area contributed by atoms with Crippen molar-refractivity contribution in [1.29, 1.82) is 0 Å². The van der Waals surface area contributed by atoms with E-state index in [1.54, 1.807) is 10.4 Å². The minimum Gasteiger partial charge on any atom is -0.127 e. The van der Waals surface area contributed by atoms with Crippen LogP contribution in [0.2, 0.25) is 12.6 Å². The Morgan fingerprint density at radius 1 is 1.12 bits per heavy atom. The van der Waals surface area contributed by atoms with Crippen molar-refractivity contribution in [2.24, 2.45) is 0 Å². The zero-order valence-electron chi connectivity index (χ0n) is 9.88. The van der Waals surface area contributed by atoms with Crippen LogP contribution in [-0.2, 0) is 0 Å². The molecule has 0 atom stereocenters. The maximum Gasteiger partial charge on any atom is 0.106 e. The fraction of sp³-hybridized carbons (Fsp3) is 0.429. The van der Waals surface area contributed by atoms with Crippen LogP contribution < -0.4 is 0 Å². The van der Waals surface area contributed by atoms with E-state index < -0.39 is 8.07 Å². The summed E-state index contributed by atoms with van der Waals surface area (Å²) < 4.78 is 0. The number of alkyl halides is 1. The quantitative estimate of drug-likeness (QED) is 0.496. The second-order valence-electron chi connectivity index (χ2n) is 4.77. The van der Waals surface area contributed by atoms with Crippen LogP contribution in [0.15, 0.2) is 46.8 Å². The molecule has 16 heavy (non-hydrogen) atoms. The molecule has 0 heterocycles. The average Bonchev–Trinajstić information content (AvgIpc) is 2.96. The van der Waals surface area contributed by atoms with E-state index in [4.69, 9.17) is 11.6 Å². The number of allylic oxidation sites excluding steroid dienone is 8. The van der Waals surface area contributed by atoms with E-state index in [9.17, 15) is 0 Å². The molecule has 0 saturated heterocycles. The fourth-order valence-corrected chi connectivity index (χ4v) is 7.02. The van der Waals surface area contributed by atoms with Crippen LogP contribution in [-0.4, -0.2) is 14.0 Å². The highest BCUT2D eigenvalue weighted by Crippen LogP contribution is 2.37. The Bertz CT molecular complexity index is 344. The normalized spacial score (nSPS) is 19.1. The van der Waals surface area contributed by atoms with Crippen LogP contribution in [0.1, 0.15) is 19.3 Å². The molecular formula is C14H19ClSi. The van der Waals surface area contributed by atoms with E-state index in [1.807, 2.05) is 0 Å². The molecule has 0 aliphatic heterocycles. The number of rotatable bonds is 5. The molecule has 0 aromatic carbocycles. The number of hydrogen-bond acceptors (Lipinski definition) is 0. The average molecular weight is 251 g/mol. The largest absolute Gasteiger partial charge is 0.127 e. The maximum atomic E-state index is 5.87. The first-order chi connectivity index (χ1) is 7.77. The smallest absolute Gasteiger partial charge is 0.106 e. The van der Waals surface area contributed by atoms with E-state index in [1.165, 1.54) is 18.9 Å². The van der Waals surface area contributed by atoms with Gasteiger partial charge in [0.1, 0.15) is 8.07 Å². The molecule has 86 valence electrons. The van der Waals surface area contributed by atoms with Gasteiger partial charge in [-0.25, -0.2) is 0 Å². The lowest BCUT2D eigenvalue weighted by Crippen LogP contribution is -2.35. The molecule has 2 rings (SSSR count). The van der Waals surface area contributed by atoms with Crippen LogP contribution in [0.5, 0.6) is 0 Å². The monoisotopic (exact) mass is 250 g/mol. The third-order valence-electron chi connectivity index (χ3n) is 3.77. The van der Waals surface area contributed by atoms with Gasteiger partial charge >= 0.3 is 0 Å². The van der Waals surface area contributed by atoms with Crippen molar-refractivity contribution in [3.05, 3.63) is 46.8 Å². The molecular weight excluding hydrogens is 232 g/mol. The van der Waals surface area contributed by atoms with E-state index in [-0.39, 0.29) is 0 Å². The molecule has 0 spiro atoms. The van der Waals surface area contributed by atoms with E-state index in [0.717, 1.165) is 12.3 Å². The summed E-state index contributed by atoms with van der Waals surface area (Å²) in [6.45, 7) is 2.51. The summed E-state index contributed by atoms with van der Waals surface area (Å²) in [5.41, 5.74) is 0. The Hall–Kier alpha value is -0.533. The first-order valence-electron chi connectivity index (χ1n) is 6.06. The number of halogens is 1. The van der Waals surface area contributed by atoms with Crippen LogP contribution in [0.25, 0.3) is 0 Å². The first kappa shape index (κ1) is 11.9. The van der Waals surface area contributed by atoms with Gasteiger partial charge < -0.3 is 0 Å². The Kier molecular flexibility index (Phi) is 3.88. The fourth-order valence-electron chi connectivity index (χ4n) is 2.66. The molecule has 0 aromatic heterocycles. The highest BCUT2D eigenvalue weighted by Gasteiger charge is 2.34. The molecule has 0 bridgehead atoms. The Morgan fingerprint density at radius 3 is 2.06 bits per heavy atom. The van der Waals surface area contributed by atoms with Gasteiger partial charge in [-0.2, -0.15) is 0 Å². The molecule has 0 radical (unpaired) electrons. The van der Waals surface area contributed by atoms with Crippen LogP contribution in [0.4, 0.5) is 0 Å². The summed E-state index contributed by atoms with van der Waals surface area (Å²) in [6, 6.07) is 1.30. The summed E-state index contributed by atoms with van der Waals surface area (Å²) in [5, 5.41) is 3.38. The zero-order chi connectivity index (χ0) is 11.4. The molecule has 0 aromatic rings. The molecule has 2 heteroatoms. The lowest BCUT2D eigenvalue weighted by atomic mass is 10.5. The molecule has 0 amide bonds. The standard InChI is InChI=1S/C14H19ClSi/c1-16(12-6-11-15,13-7-2-3-8-13)14-9-4-5-10-14/h2-5,7,9H,6,8,10-12H2,1H3. The van der Waals surface area contributed by atoms with Gasteiger partial charge in [0.15, 0.2) is 0 Å². The minimum absolute atomic E-state index is 0.796. The van der Waals surface area contributed by atoms with Crippen LogP contribution >= 0.6 is 11.6 Å². The SMILES string of the molecule is C[Si](CCCCl)(C1=CC=CC1)C1=CC=CC1. The van der Waals surface area contributed by atoms with Gasteiger partial charge in [0.25, 0.3) is 0 Å². The second kappa shape index (κ2) is 5.20. The molecule has 0 N–H and O–H groups in total. The zero-order valence-corrected chi connectivity index (χ0v) is 11.6. The Labute approximate surface area is 104 Å². The topological polar surface area (TPSA) is 0 Å². The summed E-state index contributed by atoms with van der Waals surface area (Å²) in [5.74, 6) is 0.796. The third-order valence-corrected chi connectivity index (χ3v) is 8.97. The van der Waals surface area contributed by atoms with Crippen molar-refractivity contribution < 1.29 is 0 Å². The van der Waals surface area contributed by atoms with Crippen molar-refractivity contribution >= 4 is 19.7 Å². The van der Waals surface area contributed by atoms with Gasteiger partial charge in [0.05, 0.1) is 0 Å². The highest BCUT2D eigenvalue weighted by atomic mass is 35.5. The molecule has 0 unspecified atom stereocenters. The number of hydrogen-bond donors (Lipinski definition) is 0. The highest BCUT2D eigenvalue weighted by molar-refractivity contribution is 6.91. The van der Waals surface area contributed by atoms with Crippen LogP contribution in [0.3, 0.4) is 0 Å². The van der Waals surface area contributed by atoms with Crippen molar-refractivity contribution in [3.63, 3.8) is 0 Å². The van der Waals surface area contributed by atoms with E-state index in [2.05, 4.69) is 43.0 Å². The molecule has 2 aliphatic rings. The van der Waals surface area contributed by atoms with Gasteiger partial charge in [-0.05, 0) is 25.3 Å². The molecule has 0 saturated carbocycles. The lowest BCUT2D eigenvalue weighted by Gasteiger charge is -2.31. The Balaban J connectivity index is 2.18. The first-order valence-corrected chi connectivity index (χ1v) is 9.30. The summed E-state index contributed by atoms with van der Waals surface area (Å²) in [4.78, 5) is 0. The third kappa shape index (κ3) is 2.25. The summed E-state index contributed by atoms with van der Waals surface area (Å²) in [7, 11) is -1.39. The predicted molar refractivity (Wildman–Crippen MR) is 75.4 cm³/mol. The summed E-state index contributed by atoms with van der Waals surface area (Å²) >= 11 is 5.87. The van der Waals surface area contributed by atoms with Gasteiger partial charge in [-0.1, -0.05) is 53.4 Å². The second-order valence-corrected chi connectivity index (χ2v) is 9.60. The molecule has 0 nitrogen and oxygen atoms in total. The van der Waals surface area contributed by atoms with Crippen LogP contribution in [0, 0.1) is 0 Å². The van der Waals surface area contributed by atoms with Crippen molar-refractivity contribution in [3.8, 4) is 0 Å². The minimum atomic E-state index is -1.39. The van der Waals surface area contributed by atoms with E-state index in [0.29, 0.717) is 0 Å². The van der Waals surface area contributed by atoms with Gasteiger partial charge in [-0.15, -0.1) is 11.6 Å². The van der Waals surface area contributed by atoms with Crippen molar-refractivity contribution in [2.75, 3.05) is 5.88 Å². The van der Waals surface area contributed by atoms with Crippen molar-refractivity contribution in [2.45, 2.75) is 31.9 Å².